The smallest absolute Gasteiger partial charge is 0.125 e. The third-order valence-corrected chi connectivity index (χ3v) is 4.20. The Balaban J connectivity index is 2.00. The van der Waals surface area contributed by atoms with Gasteiger partial charge in [-0.1, -0.05) is 12.1 Å². The number of pyridine rings is 1. The summed E-state index contributed by atoms with van der Waals surface area (Å²) in [7, 11) is 3.96. The van der Waals surface area contributed by atoms with Gasteiger partial charge in [0, 0.05) is 42.6 Å². The molecule has 0 amide bonds. The van der Waals surface area contributed by atoms with Crippen LogP contribution >= 0.6 is 0 Å². The minimum Gasteiger partial charge on any atom is -0.394 e. The number of fused-ring (bicyclic) bond motifs is 1. The van der Waals surface area contributed by atoms with Gasteiger partial charge in [0.05, 0.1) is 18.2 Å². The number of benzene rings is 2. The van der Waals surface area contributed by atoms with Crippen LogP contribution in [-0.2, 0) is 0 Å². The van der Waals surface area contributed by atoms with E-state index in [1.807, 2.05) is 56.3 Å². The summed E-state index contributed by atoms with van der Waals surface area (Å²) in [6.45, 7) is 1.82. The van der Waals surface area contributed by atoms with E-state index in [2.05, 4.69) is 10.3 Å². The molecule has 0 fully saturated rings. The minimum atomic E-state index is -0.311. The van der Waals surface area contributed by atoms with Crippen molar-refractivity contribution in [3.05, 3.63) is 65.6 Å². The number of hydrogen-bond acceptors (Lipinski definition) is 4. The van der Waals surface area contributed by atoms with E-state index in [1.165, 1.54) is 12.1 Å². The van der Waals surface area contributed by atoms with E-state index in [1.54, 1.807) is 6.07 Å². The molecule has 130 valence electrons. The van der Waals surface area contributed by atoms with Crippen LogP contribution in [-0.4, -0.2) is 30.8 Å². The predicted octanol–water partition coefficient (Wildman–Crippen LogP) is 3.89. The van der Waals surface area contributed by atoms with Crippen molar-refractivity contribution in [2.24, 2.45) is 0 Å². The van der Waals surface area contributed by atoms with Crippen LogP contribution in [0.2, 0.25) is 0 Å². The standard InChI is InChI=1S/C20H22FN3O/c1-13-9-18(17-8-7-15(21)11-19(17)22-13)23-20(12-25)14-5-4-6-16(10-14)24(2)3/h4-11,20,25H,12H2,1-3H3,(H,22,23)/t20-/m0/s1. The van der Waals surface area contributed by atoms with Crippen molar-refractivity contribution in [1.82, 2.24) is 4.98 Å². The third-order valence-electron chi connectivity index (χ3n) is 4.20. The van der Waals surface area contributed by atoms with Crippen molar-refractivity contribution >= 4 is 22.3 Å². The largest absolute Gasteiger partial charge is 0.394 e. The zero-order valence-electron chi connectivity index (χ0n) is 14.6. The molecule has 2 aromatic carbocycles. The van der Waals surface area contributed by atoms with Gasteiger partial charge in [-0.15, -0.1) is 0 Å². The quantitative estimate of drug-likeness (QED) is 0.740. The fourth-order valence-corrected chi connectivity index (χ4v) is 2.90. The molecule has 0 aliphatic heterocycles. The summed E-state index contributed by atoms with van der Waals surface area (Å²) in [5, 5.41) is 14.1. The van der Waals surface area contributed by atoms with Gasteiger partial charge >= 0.3 is 0 Å². The number of nitrogens with one attached hydrogen (secondary N) is 1. The summed E-state index contributed by atoms with van der Waals surface area (Å²) in [6.07, 6.45) is 0. The Bertz CT molecular complexity index is 890. The molecular formula is C20H22FN3O. The van der Waals surface area contributed by atoms with E-state index in [4.69, 9.17) is 0 Å². The van der Waals surface area contributed by atoms with Gasteiger partial charge in [0.2, 0.25) is 0 Å². The Kier molecular flexibility index (Phi) is 4.86. The number of nitrogens with zero attached hydrogens (tertiary/aromatic N) is 2. The average molecular weight is 339 g/mol. The van der Waals surface area contributed by atoms with Crippen LogP contribution < -0.4 is 10.2 Å². The van der Waals surface area contributed by atoms with Gasteiger partial charge < -0.3 is 15.3 Å². The molecule has 1 aromatic heterocycles. The van der Waals surface area contributed by atoms with Crippen LogP contribution in [0.4, 0.5) is 15.8 Å². The molecule has 0 saturated carbocycles. The molecule has 3 rings (SSSR count). The number of halogens is 1. The molecule has 0 radical (unpaired) electrons. The molecule has 1 atom stereocenters. The predicted molar refractivity (Wildman–Crippen MR) is 101 cm³/mol. The summed E-state index contributed by atoms with van der Waals surface area (Å²) < 4.78 is 13.5. The third kappa shape index (κ3) is 3.72. The molecular weight excluding hydrogens is 317 g/mol. The summed E-state index contributed by atoms with van der Waals surface area (Å²) in [5.74, 6) is -0.311. The Labute approximate surface area is 146 Å². The van der Waals surface area contributed by atoms with Crippen molar-refractivity contribution in [2.45, 2.75) is 13.0 Å². The summed E-state index contributed by atoms with van der Waals surface area (Å²) >= 11 is 0. The molecule has 0 bridgehead atoms. The first-order valence-electron chi connectivity index (χ1n) is 8.19. The number of aliphatic hydroxyl groups excluding tert-OH is 1. The molecule has 5 heteroatoms. The first-order chi connectivity index (χ1) is 12.0. The van der Waals surface area contributed by atoms with Gasteiger partial charge in [-0.05, 0) is 42.8 Å². The van der Waals surface area contributed by atoms with Crippen molar-refractivity contribution in [3.63, 3.8) is 0 Å². The highest BCUT2D eigenvalue weighted by Gasteiger charge is 2.14. The van der Waals surface area contributed by atoms with Gasteiger partial charge in [-0.3, -0.25) is 4.98 Å². The fraction of sp³-hybridized carbons (Fsp3) is 0.250. The van der Waals surface area contributed by atoms with Crippen molar-refractivity contribution in [1.29, 1.82) is 0 Å². The molecule has 0 saturated heterocycles. The lowest BCUT2D eigenvalue weighted by Crippen LogP contribution is -2.16. The number of rotatable bonds is 5. The van der Waals surface area contributed by atoms with Crippen LogP contribution in [0, 0.1) is 12.7 Å². The van der Waals surface area contributed by atoms with Crippen molar-refractivity contribution < 1.29 is 9.50 Å². The van der Waals surface area contributed by atoms with Gasteiger partial charge in [0.15, 0.2) is 0 Å². The van der Waals surface area contributed by atoms with E-state index < -0.39 is 0 Å². The highest BCUT2D eigenvalue weighted by atomic mass is 19.1. The number of aromatic nitrogens is 1. The zero-order valence-corrected chi connectivity index (χ0v) is 14.6. The van der Waals surface area contributed by atoms with E-state index in [-0.39, 0.29) is 18.5 Å². The fourth-order valence-electron chi connectivity index (χ4n) is 2.90. The van der Waals surface area contributed by atoms with Gasteiger partial charge in [0.25, 0.3) is 0 Å². The SMILES string of the molecule is Cc1cc(N[C@@H](CO)c2cccc(N(C)C)c2)c2ccc(F)cc2n1. The van der Waals surface area contributed by atoms with Gasteiger partial charge in [-0.2, -0.15) is 0 Å². The van der Waals surface area contributed by atoms with Crippen LogP contribution in [0.15, 0.2) is 48.5 Å². The van der Waals surface area contributed by atoms with Gasteiger partial charge in [0.1, 0.15) is 5.82 Å². The average Bonchev–Trinajstić information content (AvgIpc) is 2.59. The molecule has 2 N–H and O–H groups in total. The molecule has 0 aliphatic rings. The van der Waals surface area contributed by atoms with E-state index in [9.17, 15) is 9.50 Å². The highest BCUT2D eigenvalue weighted by Crippen LogP contribution is 2.28. The maximum atomic E-state index is 13.5. The molecule has 0 unspecified atom stereocenters. The maximum Gasteiger partial charge on any atom is 0.125 e. The van der Waals surface area contributed by atoms with Crippen LogP contribution in [0.5, 0.6) is 0 Å². The summed E-state index contributed by atoms with van der Waals surface area (Å²) in [5.41, 5.74) is 4.27. The normalized spacial score (nSPS) is 12.2. The maximum absolute atomic E-state index is 13.5. The van der Waals surface area contributed by atoms with Crippen molar-refractivity contribution in [3.8, 4) is 0 Å². The first-order valence-corrected chi connectivity index (χ1v) is 8.19. The molecule has 3 aromatic rings. The Hall–Kier alpha value is -2.66. The van der Waals surface area contributed by atoms with E-state index >= 15 is 0 Å². The number of anilines is 2. The zero-order chi connectivity index (χ0) is 18.0. The molecule has 4 nitrogen and oxygen atoms in total. The lowest BCUT2D eigenvalue weighted by Gasteiger charge is -2.21. The minimum absolute atomic E-state index is 0.0546. The van der Waals surface area contributed by atoms with Gasteiger partial charge in [-0.25, -0.2) is 4.39 Å². The number of aryl methyl sites for hydroxylation is 1. The highest BCUT2D eigenvalue weighted by molar-refractivity contribution is 5.91. The topological polar surface area (TPSA) is 48.4 Å². The Morgan fingerprint density at radius 3 is 2.68 bits per heavy atom. The lowest BCUT2D eigenvalue weighted by atomic mass is 10.0. The molecule has 0 spiro atoms. The van der Waals surface area contributed by atoms with Crippen LogP contribution in [0.3, 0.4) is 0 Å². The van der Waals surface area contributed by atoms with Crippen LogP contribution in [0.1, 0.15) is 17.3 Å². The lowest BCUT2D eigenvalue weighted by molar-refractivity contribution is 0.276. The second kappa shape index (κ2) is 7.07. The van der Waals surface area contributed by atoms with E-state index in [0.717, 1.165) is 28.0 Å². The second-order valence-electron chi connectivity index (χ2n) is 6.34. The van der Waals surface area contributed by atoms with E-state index in [0.29, 0.717) is 5.52 Å². The molecule has 0 aliphatic carbocycles. The number of aliphatic hydroxyl groups is 1. The monoisotopic (exact) mass is 339 g/mol. The summed E-state index contributed by atoms with van der Waals surface area (Å²) in [6, 6.07) is 14.2. The van der Waals surface area contributed by atoms with Crippen LogP contribution in [0.25, 0.3) is 10.9 Å². The summed E-state index contributed by atoms with van der Waals surface area (Å²) in [4.78, 5) is 6.41. The molecule has 25 heavy (non-hydrogen) atoms. The Morgan fingerprint density at radius 1 is 1.16 bits per heavy atom. The van der Waals surface area contributed by atoms with Crippen molar-refractivity contribution in [2.75, 3.05) is 30.9 Å². The second-order valence-corrected chi connectivity index (χ2v) is 6.34. The first kappa shape index (κ1) is 17.2. The Morgan fingerprint density at radius 2 is 1.96 bits per heavy atom. The number of hydrogen-bond donors (Lipinski definition) is 2. The molecule has 1 heterocycles.